The monoisotopic (exact) mass is 637 g/mol. The molecule has 2 fully saturated rings. The number of ether oxygens (including phenoxy) is 2. The minimum absolute atomic E-state index is 0.139. The molecule has 2 N–H and O–H groups in total. The summed E-state index contributed by atoms with van der Waals surface area (Å²) in [5.41, 5.74) is 1.94. The molecule has 0 saturated carbocycles. The third-order valence-electron chi connectivity index (χ3n) is 9.36. The highest BCUT2D eigenvalue weighted by Gasteiger charge is 2.63. The summed E-state index contributed by atoms with van der Waals surface area (Å²) in [6.07, 6.45) is -4.20. The lowest BCUT2D eigenvalue weighted by molar-refractivity contribution is -0.140. The molecule has 2 aliphatic heterocycles. The predicted molar refractivity (Wildman–Crippen MR) is 180 cm³/mol. The second-order valence-electron chi connectivity index (χ2n) is 13.2. The normalized spacial score (nSPS) is 24.7. The number of rotatable bonds is 11. The molecule has 2 aliphatic rings. The maximum absolute atomic E-state index is 13.7. The number of hydrogen-bond donors (Lipinski definition) is 2. The number of fused-ring (bicyclic) bond motifs is 1. The minimum atomic E-state index is -2.99. The molecular weight excluding hydrogens is 595 g/mol. The van der Waals surface area contributed by atoms with E-state index in [9.17, 15) is 15.0 Å². The molecule has 4 aromatic rings. The summed E-state index contributed by atoms with van der Waals surface area (Å²) in [5.74, 6) is -0.535. The van der Waals surface area contributed by atoms with E-state index in [0.717, 1.165) is 21.5 Å². The summed E-state index contributed by atoms with van der Waals surface area (Å²) < 4.78 is 20.5. The first-order chi connectivity index (χ1) is 22.2. The highest BCUT2D eigenvalue weighted by molar-refractivity contribution is 6.99. The lowest BCUT2D eigenvalue weighted by Gasteiger charge is -2.44. The van der Waals surface area contributed by atoms with Crippen LogP contribution in [0.2, 0.25) is 5.04 Å². The van der Waals surface area contributed by atoms with Crippen LogP contribution in [0.4, 0.5) is 0 Å². The van der Waals surface area contributed by atoms with Crippen LogP contribution in [-0.2, 0) is 31.9 Å². The summed E-state index contributed by atoms with van der Waals surface area (Å²) in [6, 6.07) is 38.9. The Labute approximate surface area is 272 Å². The molecule has 46 heavy (non-hydrogen) atoms. The molecule has 4 aromatic carbocycles. The Morgan fingerprint density at radius 3 is 1.57 bits per heavy atom. The summed E-state index contributed by atoms with van der Waals surface area (Å²) in [5, 5.41) is 24.0. The SMILES string of the molecule is CC(C)(C)[Si](OC[C@@H]1[C@@H](OCc2ccccc2)[C@H](OCc2ccccc2)[C@H]2[C@@H](O)[C@H](O)C(=O)N21)(c1ccccc1)c1ccccc1. The van der Waals surface area contributed by atoms with E-state index >= 15 is 0 Å². The van der Waals surface area contributed by atoms with Gasteiger partial charge >= 0.3 is 0 Å². The van der Waals surface area contributed by atoms with E-state index in [0.29, 0.717) is 6.61 Å². The topological polar surface area (TPSA) is 88.5 Å². The second kappa shape index (κ2) is 13.6. The fourth-order valence-corrected chi connectivity index (χ4v) is 11.8. The average molecular weight is 638 g/mol. The zero-order valence-corrected chi connectivity index (χ0v) is 27.6. The van der Waals surface area contributed by atoms with Gasteiger partial charge in [0.1, 0.15) is 18.3 Å². The van der Waals surface area contributed by atoms with Crippen molar-refractivity contribution in [2.45, 2.75) is 75.5 Å². The fraction of sp³-hybridized carbons (Fsp3) is 0.342. The van der Waals surface area contributed by atoms with Gasteiger partial charge in [-0.2, -0.15) is 0 Å². The summed E-state index contributed by atoms with van der Waals surface area (Å²) in [4.78, 5) is 15.3. The van der Waals surface area contributed by atoms with Crippen LogP contribution in [0.3, 0.4) is 0 Å². The Morgan fingerprint density at radius 1 is 0.674 bits per heavy atom. The number of aliphatic hydroxyl groups excluding tert-OH is 2. The molecule has 0 radical (unpaired) electrons. The van der Waals surface area contributed by atoms with Gasteiger partial charge in [0.25, 0.3) is 14.2 Å². The molecule has 2 saturated heterocycles. The predicted octanol–water partition coefficient (Wildman–Crippen LogP) is 4.05. The Hall–Kier alpha value is -3.63. The Balaban J connectivity index is 1.40. The number of carbonyl (C=O) groups is 1. The van der Waals surface area contributed by atoms with Gasteiger partial charge in [-0.25, -0.2) is 0 Å². The van der Waals surface area contributed by atoms with Crippen LogP contribution in [0, 0.1) is 0 Å². The summed E-state index contributed by atoms with van der Waals surface area (Å²) in [7, 11) is -2.99. The highest BCUT2D eigenvalue weighted by atomic mass is 28.4. The number of aliphatic hydroxyl groups is 2. The summed E-state index contributed by atoms with van der Waals surface area (Å²) in [6.45, 7) is 7.32. The van der Waals surface area contributed by atoms with Gasteiger partial charge < -0.3 is 29.0 Å². The van der Waals surface area contributed by atoms with Gasteiger partial charge in [-0.05, 0) is 26.5 Å². The fourth-order valence-electron chi connectivity index (χ4n) is 7.19. The smallest absolute Gasteiger partial charge is 0.261 e. The Kier molecular flexibility index (Phi) is 9.56. The third kappa shape index (κ3) is 6.09. The van der Waals surface area contributed by atoms with Crippen LogP contribution in [0.5, 0.6) is 0 Å². The van der Waals surface area contributed by atoms with Crippen molar-refractivity contribution in [2.24, 2.45) is 0 Å². The van der Waals surface area contributed by atoms with Gasteiger partial charge in [0.15, 0.2) is 6.10 Å². The van der Waals surface area contributed by atoms with E-state index in [1.54, 1.807) is 4.90 Å². The lowest BCUT2D eigenvalue weighted by Crippen LogP contribution is -2.67. The molecule has 0 aromatic heterocycles. The van der Waals surface area contributed by atoms with Crippen molar-refractivity contribution in [3.8, 4) is 0 Å². The highest BCUT2D eigenvalue weighted by Crippen LogP contribution is 2.41. The van der Waals surface area contributed by atoms with Crippen molar-refractivity contribution in [3.05, 3.63) is 132 Å². The first-order valence-corrected chi connectivity index (χ1v) is 17.9. The van der Waals surface area contributed by atoms with Crippen molar-refractivity contribution in [1.82, 2.24) is 4.90 Å². The molecular formula is C38H43NO6Si. The maximum Gasteiger partial charge on any atom is 0.261 e. The molecule has 1 amide bonds. The minimum Gasteiger partial charge on any atom is -0.405 e. The van der Waals surface area contributed by atoms with Gasteiger partial charge in [-0.3, -0.25) is 4.79 Å². The lowest BCUT2D eigenvalue weighted by atomic mass is 10.0. The molecule has 0 bridgehead atoms. The molecule has 240 valence electrons. The van der Waals surface area contributed by atoms with Crippen molar-refractivity contribution in [2.75, 3.05) is 6.61 Å². The van der Waals surface area contributed by atoms with Crippen LogP contribution >= 0.6 is 0 Å². The van der Waals surface area contributed by atoms with Crippen LogP contribution in [0.25, 0.3) is 0 Å². The van der Waals surface area contributed by atoms with E-state index in [2.05, 4.69) is 45.0 Å². The van der Waals surface area contributed by atoms with Gasteiger partial charge in [-0.1, -0.05) is 142 Å². The van der Waals surface area contributed by atoms with E-state index in [4.69, 9.17) is 13.9 Å². The van der Waals surface area contributed by atoms with Crippen molar-refractivity contribution >= 4 is 24.6 Å². The molecule has 7 nitrogen and oxygen atoms in total. The molecule has 2 heterocycles. The second-order valence-corrected chi connectivity index (χ2v) is 17.5. The van der Waals surface area contributed by atoms with E-state index in [-0.39, 0.29) is 18.3 Å². The first kappa shape index (κ1) is 32.3. The maximum atomic E-state index is 13.7. The van der Waals surface area contributed by atoms with E-state index in [1.165, 1.54) is 0 Å². The zero-order valence-electron chi connectivity index (χ0n) is 26.6. The van der Waals surface area contributed by atoms with Crippen LogP contribution in [0.15, 0.2) is 121 Å². The van der Waals surface area contributed by atoms with E-state index < -0.39 is 50.7 Å². The molecule has 0 spiro atoms. The van der Waals surface area contributed by atoms with Crippen molar-refractivity contribution in [3.63, 3.8) is 0 Å². The Morgan fingerprint density at radius 2 is 1.11 bits per heavy atom. The molecule has 6 atom stereocenters. The Bertz CT molecular complexity index is 1530. The number of carbonyl (C=O) groups excluding carboxylic acids is 1. The largest absolute Gasteiger partial charge is 0.405 e. The van der Waals surface area contributed by atoms with Gasteiger partial charge in [0.05, 0.1) is 31.9 Å². The molecule has 0 aliphatic carbocycles. The van der Waals surface area contributed by atoms with Crippen molar-refractivity contribution < 1.29 is 28.9 Å². The first-order valence-electron chi connectivity index (χ1n) is 16.0. The number of hydrogen-bond acceptors (Lipinski definition) is 6. The quantitative estimate of drug-likeness (QED) is 0.242. The number of nitrogens with zero attached hydrogens (tertiary/aromatic N) is 1. The van der Waals surface area contributed by atoms with Crippen LogP contribution in [-0.4, -0.2) is 72.4 Å². The van der Waals surface area contributed by atoms with Gasteiger partial charge in [0.2, 0.25) is 0 Å². The van der Waals surface area contributed by atoms with Crippen molar-refractivity contribution in [1.29, 1.82) is 0 Å². The average Bonchev–Trinajstić information content (AvgIpc) is 3.50. The van der Waals surface area contributed by atoms with Crippen LogP contribution < -0.4 is 10.4 Å². The molecule has 0 unspecified atom stereocenters. The van der Waals surface area contributed by atoms with Gasteiger partial charge in [-0.15, -0.1) is 0 Å². The molecule has 6 rings (SSSR count). The van der Waals surface area contributed by atoms with Crippen LogP contribution in [0.1, 0.15) is 31.9 Å². The van der Waals surface area contributed by atoms with Gasteiger partial charge in [0, 0.05) is 0 Å². The zero-order chi connectivity index (χ0) is 32.3. The van der Waals surface area contributed by atoms with E-state index in [1.807, 2.05) is 97.1 Å². The molecule has 8 heteroatoms. The third-order valence-corrected chi connectivity index (χ3v) is 14.4. The standard InChI is InChI=1S/C38H43NO6Si/c1-38(2,3)46(29-20-12-6-13-21-29,30-22-14-7-15-23-30)45-26-31-35(43-24-27-16-8-4-9-17-27)36(44-25-28-18-10-5-11-19-28)32-33(40)34(41)37(42)39(31)32/h4-23,31-36,40-41H,24-26H2,1-3H3/t31-,32-,33-,34+,35-,36-/m1/s1. The summed E-state index contributed by atoms with van der Waals surface area (Å²) >= 11 is 0. The number of benzene rings is 4. The number of amides is 1.